The average molecular weight is 166 g/mol. The predicted octanol–water partition coefficient (Wildman–Crippen LogP) is 0.888. The van der Waals surface area contributed by atoms with Gasteiger partial charge in [-0.15, -0.1) is 11.3 Å². The molecule has 0 spiro atoms. The van der Waals surface area contributed by atoms with Crippen LogP contribution in [-0.4, -0.2) is 5.91 Å². The van der Waals surface area contributed by atoms with Crippen molar-refractivity contribution < 1.29 is 4.79 Å². The Morgan fingerprint density at radius 3 is 3.18 bits per heavy atom. The summed E-state index contributed by atoms with van der Waals surface area (Å²) in [5.74, 6) is -0.255. The fourth-order valence-electron chi connectivity index (χ4n) is 0.678. The Labute approximate surface area is 68.3 Å². The number of nitriles is 1. The zero-order chi connectivity index (χ0) is 8.10. The van der Waals surface area contributed by atoms with Gasteiger partial charge in [-0.2, -0.15) is 5.26 Å². The topological polar surface area (TPSA) is 52.9 Å². The van der Waals surface area contributed by atoms with Crippen LogP contribution >= 0.6 is 11.3 Å². The van der Waals surface area contributed by atoms with Crippen LogP contribution in [0.25, 0.3) is 0 Å². The van der Waals surface area contributed by atoms with Crippen LogP contribution in [0.2, 0.25) is 0 Å². The molecule has 56 valence electrons. The minimum atomic E-state index is -0.255. The van der Waals surface area contributed by atoms with Crippen LogP contribution < -0.4 is 5.32 Å². The first-order valence-corrected chi connectivity index (χ1v) is 3.91. The Morgan fingerprint density at radius 1 is 1.82 bits per heavy atom. The van der Waals surface area contributed by atoms with E-state index in [2.05, 4.69) is 5.32 Å². The molecule has 11 heavy (non-hydrogen) atoms. The van der Waals surface area contributed by atoms with Gasteiger partial charge in [0.05, 0.1) is 6.42 Å². The van der Waals surface area contributed by atoms with E-state index < -0.39 is 0 Å². The number of hydrogen-bond donors (Lipinski definition) is 1. The SMILES string of the molecule is N#CNC(=O)Cc1cccs1. The summed E-state index contributed by atoms with van der Waals surface area (Å²) in [6.07, 6.45) is 1.88. The molecule has 0 unspecified atom stereocenters. The maximum absolute atomic E-state index is 10.8. The second-order valence-electron chi connectivity index (χ2n) is 1.92. The van der Waals surface area contributed by atoms with Crippen LogP contribution in [0.5, 0.6) is 0 Å². The molecule has 0 saturated carbocycles. The average Bonchev–Trinajstić information content (AvgIpc) is 2.40. The normalized spacial score (nSPS) is 8.64. The lowest BCUT2D eigenvalue weighted by atomic mass is 10.3. The summed E-state index contributed by atoms with van der Waals surface area (Å²) in [4.78, 5) is 11.8. The van der Waals surface area contributed by atoms with E-state index in [1.165, 1.54) is 11.3 Å². The summed E-state index contributed by atoms with van der Waals surface area (Å²) in [5, 5.41) is 12.0. The maximum Gasteiger partial charge on any atom is 0.238 e. The second kappa shape index (κ2) is 3.74. The van der Waals surface area contributed by atoms with Crippen molar-refractivity contribution in [3.8, 4) is 6.19 Å². The van der Waals surface area contributed by atoms with Gasteiger partial charge >= 0.3 is 0 Å². The monoisotopic (exact) mass is 166 g/mol. The first-order valence-electron chi connectivity index (χ1n) is 3.03. The van der Waals surface area contributed by atoms with Gasteiger partial charge in [-0.1, -0.05) is 6.07 Å². The third-order valence-electron chi connectivity index (χ3n) is 1.11. The highest BCUT2D eigenvalue weighted by molar-refractivity contribution is 7.10. The van der Waals surface area contributed by atoms with Crippen LogP contribution in [0.1, 0.15) is 4.88 Å². The van der Waals surface area contributed by atoms with Crippen LogP contribution in [-0.2, 0) is 11.2 Å². The molecule has 1 aromatic rings. The van der Waals surface area contributed by atoms with Crippen molar-refractivity contribution in [2.75, 3.05) is 0 Å². The van der Waals surface area contributed by atoms with E-state index in [4.69, 9.17) is 5.26 Å². The summed E-state index contributed by atoms with van der Waals surface area (Å²) in [6.45, 7) is 0. The Hall–Kier alpha value is -1.34. The molecular formula is C7H6N2OS. The number of amides is 1. The third-order valence-corrected chi connectivity index (χ3v) is 1.99. The zero-order valence-electron chi connectivity index (χ0n) is 5.70. The zero-order valence-corrected chi connectivity index (χ0v) is 6.52. The minimum absolute atomic E-state index is 0.255. The van der Waals surface area contributed by atoms with Gasteiger partial charge < -0.3 is 0 Å². The third kappa shape index (κ3) is 2.40. The van der Waals surface area contributed by atoms with E-state index in [-0.39, 0.29) is 5.91 Å². The smallest absolute Gasteiger partial charge is 0.238 e. The summed E-state index contributed by atoms with van der Waals surface area (Å²) < 4.78 is 0. The number of nitrogens with zero attached hydrogens (tertiary/aromatic N) is 1. The highest BCUT2D eigenvalue weighted by Crippen LogP contribution is 2.08. The fraction of sp³-hybridized carbons (Fsp3) is 0.143. The van der Waals surface area contributed by atoms with E-state index >= 15 is 0 Å². The van der Waals surface area contributed by atoms with Gasteiger partial charge in [-0.3, -0.25) is 10.1 Å². The molecule has 1 amide bonds. The molecule has 0 atom stereocenters. The van der Waals surface area contributed by atoms with Gasteiger partial charge in [0.1, 0.15) is 0 Å². The van der Waals surface area contributed by atoms with Gasteiger partial charge in [-0.25, -0.2) is 0 Å². The minimum Gasteiger partial charge on any atom is -0.274 e. The van der Waals surface area contributed by atoms with Gasteiger partial charge in [0.15, 0.2) is 6.19 Å². The molecule has 0 bridgehead atoms. The van der Waals surface area contributed by atoms with Crippen molar-refractivity contribution in [2.45, 2.75) is 6.42 Å². The number of carbonyl (C=O) groups is 1. The van der Waals surface area contributed by atoms with E-state index in [1.54, 1.807) is 6.19 Å². The molecule has 3 nitrogen and oxygen atoms in total. The molecule has 1 rings (SSSR count). The second-order valence-corrected chi connectivity index (χ2v) is 2.95. The molecular weight excluding hydrogens is 160 g/mol. The maximum atomic E-state index is 10.8. The highest BCUT2D eigenvalue weighted by atomic mass is 32.1. The van der Waals surface area contributed by atoms with Gasteiger partial charge in [0.25, 0.3) is 0 Å². The predicted molar refractivity (Wildman–Crippen MR) is 41.8 cm³/mol. The Balaban J connectivity index is 2.45. The van der Waals surface area contributed by atoms with E-state index in [9.17, 15) is 4.79 Å². The molecule has 0 aliphatic carbocycles. The summed E-state index contributed by atoms with van der Waals surface area (Å²) in [6, 6.07) is 3.74. The largest absolute Gasteiger partial charge is 0.274 e. The van der Waals surface area contributed by atoms with E-state index in [1.807, 2.05) is 17.5 Å². The van der Waals surface area contributed by atoms with Crippen LogP contribution in [0.4, 0.5) is 0 Å². The van der Waals surface area contributed by atoms with Gasteiger partial charge in [-0.05, 0) is 11.4 Å². The Bertz CT molecular complexity index is 273. The molecule has 1 aromatic heterocycles. The summed E-state index contributed by atoms with van der Waals surface area (Å²) in [5.41, 5.74) is 0. The lowest BCUT2D eigenvalue weighted by Crippen LogP contribution is -2.18. The summed E-state index contributed by atoms with van der Waals surface area (Å²) >= 11 is 1.51. The standard InChI is InChI=1S/C7H6N2OS/c8-5-9-7(10)4-6-2-1-3-11-6/h1-3H,4H2,(H,9,10). The van der Waals surface area contributed by atoms with Crippen LogP contribution in [0.15, 0.2) is 17.5 Å². The first kappa shape index (κ1) is 7.76. The van der Waals surface area contributed by atoms with Crippen molar-refractivity contribution in [1.82, 2.24) is 5.32 Å². The Kier molecular flexibility index (Phi) is 2.64. The van der Waals surface area contributed by atoms with E-state index in [0.29, 0.717) is 6.42 Å². The van der Waals surface area contributed by atoms with Crippen molar-refractivity contribution >= 4 is 17.2 Å². The summed E-state index contributed by atoms with van der Waals surface area (Å²) in [7, 11) is 0. The number of carbonyl (C=O) groups excluding carboxylic acids is 1. The van der Waals surface area contributed by atoms with Crippen molar-refractivity contribution in [2.24, 2.45) is 0 Å². The molecule has 0 radical (unpaired) electrons. The van der Waals surface area contributed by atoms with Crippen molar-refractivity contribution in [1.29, 1.82) is 5.26 Å². The first-order chi connectivity index (χ1) is 5.33. The molecule has 0 aromatic carbocycles. The molecule has 4 heteroatoms. The van der Waals surface area contributed by atoms with E-state index in [0.717, 1.165) is 4.88 Å². The van der Waals surface area contributed by atoms with Crippen LogP contribution in [0.3, 0.4) is 0 Å². The van der Waals surface area contributed by atoms with Crippen molar-refractivity contribution in [3.63, 3.8) is 0 Å². The lowest BCUT2D eigenvalue weighted by Gasteiger charge is -1.91. The highest BCUT2D eigenvalue weighted by Gasteiger charge is 2.01. The number of thiophene rings is 1. The van der Waals surface area contributed by atoms with Gasteiger partial charge in [0, 0.05) is 4.88 Å². The van der Waals surface area contributed by atoms with Gasteiger partial charge in [0.2, 0.25) is 5.91 Å². The fourth-order valence-corrected chi connectivity index (χ4v) is 1.38. The lowest BCUT2D eigenvalue weighted by molar-refractivity contribution is -0.119. The quantitative estimate of drug-likeness (QED) is 0.524. The molecule has 0 aliphatic heterocycles. The number of rotatable bonds is 2. The molecule has 0 aliphatic rings. The molecule has 0 saturated heterocycles. The number of nitrogens with one attached hydrogen (secondary N) is 1. The number of hydrogen-bond acceptors (Lipinski definition) is 3. The molecule has 0 fully saturated rings. The van der Waals surface area contributed by atoms with Crippen molar-refractivity contribution in [3.05, 3.63) is 22.4 Å². The molecule has 1 N–H and O–H groups in total. The van der Waals surface area contributed by atoms with Crippen LogP contribution in [0, 0.1) is 11.5 Å². The molecule has 1 heterocycles. The Morgan fingerprint density at radius 2 is 2.64 bits per heavy atom.